The van der Waals surface area contributed by atoms with Crippen LogP contribution in [0.1, 0.15) is 13.3 Å². The largest absolute Gasteiger partial charge is 0.383 e. The van der Waals surface area contributed by atoms with Crippen molar-refractivity contribution >= 4 is 5.91 Å². The number of methoxy groups -OCH3 is 2. The number of hydrogen-bond acceptors (Lipinski definition) is 4. The summed E-state index contributed by atoms with van der Waals surface area (Å²) in [5, 5.41) is 5.94. The predicted octanol–water partition coefficient (Wildman–Crippen LogP) is -0.236. The molecule has 0 aliphatic carbocycles. The lowest BCUT2D eigenvalue weighted by Gasteiger charge is -2.12. The van der Waals surface area contributed by atoms with Crippen LogP contribution in [0.3, 0.4) is 0 Å². The van der Waals surface area contributed by atoms with Crippen molar-refractivity contribution < 1.29 is 14.3 Å². The molecule has 0 aliphatic rings. The molecule has 0 saturated carbocycles. The quantitative estimate of drug-likeness (QED) is 0.525. The summed E-state index contributed by atoms with van der Waals surface area (Å²) < 4.78 is 9.78. The summed E-state index contributed by atoms with van der Waals surface area (Å²) in [6, 6.07) is 0.279. The van der Waals surface area contributed by atoms with E-state index in [-0.39, 0.29) is 11.9 Å². The molecule has 0 rings (SSSR count). The van der Waals surface area contributed by atoms with Crippen molar-refractivity contribution in [1.29, 1.82) is 0 Å². The van der Waals surface area contributed by atoms with Crippen molar-refractivity contribution in [3.8, 4) is 0 Å². The Labute approximate surface area is 91.5 Å². The fraction of sp³-hybridized carbons (Fsp3) is 0.900. The van der Waals surface area contributed by atoms with Gasteiger partial charge in [0.25, 0.3) is 0 Å². The smallest absolute Gasteiger partial charge is 0.221 e. The molecule has 1 unspecified atom stereocenters. The fourth-order valence-electron chi connectivity index (χ4n) is 1.12. The van der Waals surface area contributed by atoms with Crippen LogP contribution in [-0.4, -0.2) is 52.5 Å². The fourth-order valence-corrected chi connectivity index (χ4v) is 1.12. The SMILES string of the molecule is COCCNC(=O)CCNC(C)COC. The summed E-state index contributed by atoms with van der Waals surface area (Å²) in [4.78, 5) is 11.2. The molecule has 0 aromatic carbocycles. The Morgan fingerprint density at radius 3 is 2.60 bits per heavy atom. The van der Waals surface area contributed by atoms with Gasteiger partial charge in [0, 0.05) is 39.8 Å². The molecule has 2 N–H and O–H groups in total. The van der Waals surface area contributed by atoms with Gasteiger partial charge in [-0.05, 0) is 6.92 Å². The first kappa shape index (κ1) is 14.3. The highest BCUT2D eigenvalue weighted by atomic mass is 16.5. The summed E-state index contributed by atoms with van der Waals surface area (Å²) in [6.45, 7) is 4.48. The molecule has 90 valence electrons. The second kappa shape index (κ2) is 9.89. The standard InChI is InChI=1S/C10H22N2O3/c1-9(8-15-3)11-5-4-10(13)12-6-7-14-2/h9,11H,4-8H2,1-3H3,(H,12,13). The molecule has 5 heteroatoms. The van der Waals surface area contributed by atoms with Gasteiger partial charge in [0.15, 0.2) is 0 Å². The molecule has 15 heavy (non-hydrogen) atoms. The van der Waals surface area contributed by atoms with Crippen LogP contribution in [0.5, 0.6) is 0 Å². The van der Waals surface area contributed by atoms with Crippen molar-refractivity contribution in [2.45, 2.75) is 19.4 Å². The molecular weight excluding hydrogens is 196 g/mol. The van der Waals surface area contributed by atoms with Crippen molar-refractivity contribution in [2.75, 3.05) is 40.5 Å². The average molecular weight is 218 g/mol. The summed E-state index contributed by atoms with van der Waals surface area (Å²) in [5.74, 6) is 0.0455. The van der Waals surface area contributed by atoms with Gasteiger partial charge < -0.3 is 20.1 Å². The molecule has 0 fully saturated rings. The first-order valence-electron chi connectivity index (χ1n) is 5.18. The second-order valence-electron chi connectivity index (χ2n) is 3.40. The van der Waals surface area contributed by atoms with Crippen LogP contribution in [0.2, 0.25) is 0 Å². The molecule has 0 spiro atoms. The van der Waals surface area contributed by atoms with E-state index >= 15 is 0 Å². The number of ether oxygens (including phenoxy) is 2. The van der Waals surface area contributed by atoms with Crippen molar-refractivity contribution in [3.63, 3.8) is 0 Å². The van der Waals surface area contributed by atoms with E-state index in [1.54, 1.807) is 14.2 Å². The highest BCUT2D eigenvalue weighted by Gasteiger charge is 2.02. The van der Waals surface area contributed by atoms with Crippen LogP contribution in [0, 0.1) is 0 Å². The minimum atomic E-state index is 0.0455. The zero-order valence-electron chi connectivity index (χ0n) is 9.84. The van der Waals surface area contributed by atoms with E-state index in [1.165, 1.54) is 0 Å². The second-order valence-corrected chi connectivity index (χ2v) is 3.40. The highest BCUT2D eigenvalue weighted by molar-refractivity contribution is 5.75. The maximum atomic E-state index is 11.2. The number of amides is 1. The van der Waals surface area contributed by atoms with E-state index in [2.05, 4.69) is 10.6 Å². The molecule has 0 aromatic heterocycles. The van der Waals surface area contributed by atoms with Gasteiger partial charge in [-0.15, -0.1) is 0 Å². The van der Waals surface area contributed by atoms with Crippen molar-refractivity contribution in [1.82, 2.24) is 10.6 Å². The van der Waals surface area contributed by atoms with E-state index in [4.69, 9.17) is 9.47 Å². The monoisotopic (exact) mass is 218 g/mol. The van der Waals surface area contributed by atoms with Crippen LogP contribution in [0.25, 0.3) is 0 Å². The maximum Gasteiger partial charge on any atom is 0.221 e. The Balaban J connectivity index is 3.30. The number of carbonyl (C=O) groups excluding carboxylic acids is 1. The Hall–Kier alpha value is -0.650. The predicted molar refractivity (Wildman–Crippen MR) is 58.8 cm³/mol. The topological polar surface area (TPSA) is 59.6 Å². The number of rotatable bonds is 9. The lowest BCUT2D eigenvalue weighted by atomic mass is 10.3. The molecule has 0 radical (unpaired) electrons. The minimum absolute atomic E-state index is 0.0455. The van der Waals surface area contributed by atoms with E-state index < -0.39 is 0 Å². The molecule has 0 heterocycles. The van der Waals surface area contributed by atoms with Gasteiger partial charge in [0.2, 0.25) is 5.91 Å². The normalized spacial score (nSPS) is 12.5. The Morgan fingerprint density at radius 2 is 2.00 bits per heavy atom. The summed E-state index contributed by atoms with van der Waals surface area (Å²) in [7, 11) is 3.27. The van der Waals surface area contributed by atoms with Gasteiger partial charge in [-0.3, -0.25) is 4.79 Å². The number of hydrogen-bond donors (Lipinski definition) is 2. The molecular formula is C10H22N2O3. The van der Waals surface area contributed by atoms with Crippen molar-refractivity contribution in [3.05, 3.63) is 0 Å². The number of nitrogens with one attached hydrogen (secondary N) is 2. The van der Waals surface area contributed by atoms with Gasteiger partial charge in [0.1, 0.15) is 0 Å². The molecule has 0 saturated heterocycles. The summed E-state index contributed by atoms with van der Waals surface area (Å²) >= 11 is 0. The van der Waals surface area contributed by atoms with Gasteiger partial charge in [-0.25, -0.2) is 0 Å². The first-order valence-corrected chi connectivity index (χ1v) is 5.18. The average Bonchev–Trinajstić information content (AvgIpc) is 2.18. The molecule has 0 aliphatic heterocycles. The van der Waals surface area contributed by atoms with E-state index in [1.807, 2.05) is 6.92 Å². The third-order valence-corrected chi connectivity index (χ3v) is 1.89. The minimum Gasteiger partial charge on any atom is -0.383 e. The Kier molecular flexibility index (Phi) is 9.46. The Bertz CT molecular complexity index is 165. The van der Waals surface area contributed by atoms with Crippen LogP contribution in [-0.2, 0) is 14.3 Å². The first-order chi connectivity index (χ1) is 7.20. The van der Waals surface area contributed by atoms with Gasteiger partial charge in [-0.2, -0.15) is 0 Å². The molecule has 0 bridgehead atoms. The summed E-state index contributed by atoms with van der Waals surface area (Å²) in [5.41, 5.74) is 0. The van der Waals surface area contributed by atoms with Gasteiger partial charge in [-0.1, -0.05) is 0 Å². The van der Waals surface area contributed by atoms with Crippen molar-refractivity contribution in [2.24, 2.45) is 0 Å². The van der Waals surface area contributed by atoms with E-state index in [0.29, 0.717) is 32.7 Å². The van der Waals surface area contributed by atoms with E-state index in [9.17, 15) is 4.79 Å². The highest BCUT2D eigenvalue weighted by Crippen LogP contribution is 1.84. The molecule has 1 amide bonds. The van der Waals surface area contributed by atoms with Gasteiger partial charge in [0.05, 0.1) is 13.2 Å². The van der Waals surface area contributed by atoms with E-state index in [0.717, 1.165) is 0 Å². The van der Waals surface area contributed by atoms with Crippen LogP contribution in [0.15, 0.2) is 0 Å². The zero-order chi connectivity index (χ0) is 11.5. The third-order valence-electron chi connectivity index (χ3n) is 1.89. The van der Waals surface area contributed by atoms with Crippen LogP contribution >= 0.6 is 0 Å². The van der Waals surface area contributed by atoms with Crippen LogP contribution < -0.4 is 10.6 Å². The third kappa shape index (κ3) is 9.65. The Morgan fingerprint density at radius 1 is 1.27 bits per heavy atom. The number of carbonyl (C=O) groups is 1. The lowest BCUT2D eigenvalue weighted by molar-refractivity contribution is -0.121. The van der Waals surface area contributed by atoms with Gasteiger partial charge >= 0.3 is 0 Å². The summed E-state index contributed by atoms with van der Waals surface area (Å²) in [6.07, 6.45) is 0.484. The maximum absolute atomic E-state index is 11.2. The van der Waals surface area contributed by atoms with Crippen LogP contribution in [0.4, 0.5) is 0 Å². The molecule has 0 aromatic rings. The lowest BCUT2D eigenvalue weighted by Crippen LogP contribution is -2.35. The zero-order valence-corrected chi connectivity index (χ0v) is 9.84. The molecule has 1 atom stereocenters. The molecule has 5 nitrogen and oxygen atoms in total.